The average molecular weight is 483 g/mol. The van der Waals surface area contributed by atoms with Crippen LogP contribution < -0.4 is 28.4 Å². The van der Waals surface area contributed by atoms with Crippen molar-refractivity contribution in [2.45, 2.75) is 11.8 Å². The van der Waals surface area contributed by atoms with E-state index >= 15 is 0 Å². The van der Waals surface area contributed by atoms with Gasteiger partial charge in [0.1, 0.15) is 46.0 Å². The molecule has 0 N–H and O–H groups in total. The molecule has 0 fully saturated rings. The molecule has 2 aliphatic heterocycles. The van der Waals surface area contributed by atoms with E-state index < -0.39 is 0 Å². The van der Waals surface area contributed by atoms with Crippen LogP contribution in [0.1, 0.15) is 34.1 Å². The summed E-state index contributed by atoms with van der Waals surface area (Å²) in [6.07, 6.45) is 0. The molecular formula is C30H26O6. The van der Waals surface area contributed by atoms with Crippen molar-refractivity contribution < 1.29 is 28.4 Å². The maximum Gasteiger partial charge on any atom is 0.134 e. The molecule has 0 amide bonds. The van der Waals surface area contributed by atoms with Gasteiger partial charge in [-0.2, -0.15) is 0 Å². The fourth-order valence-corrected chi connectivity index (χ4v) is 5.24. The molecule has 0 bridgehead atoms. The Kier molecular flexibility index (Phi) is 5.37. The SMILES string of the molecule is COc1ccc2c(c1)Oc1cc(OC)ccc1C2C1c2ccc(OC)cc2Oc2cc(OC)ccc21. The molecule has 0 unspecified atom stereocenters. The zero-order valence-electron chi connectivity index (χ0n) is 20.5. The quantitative estimate of drug-likeness (QED) is 0.309. The summed E-state index contributed by atoms with van der Waals surface area (Å²) in [6.45, 7) is 0. The van der Waals surface area contributed by atoms with E-state index in [2.05, 4.69) is 24.3 Å². The van der Waals surface area contributed by atoms with Crippen molar-refractivity contribution in [3.05, 3.63) is 95.1 Å². The van der Waals surface area contributed by atoms with Gasteiger partial charge < -0.3 is 28.4 Å². The molecule has 36 heavy (non-hydrogen) atoms. The van der Waals surface area contributed by atoms with Crippen molar-refractivity contribution in [2.24, 2.45) is 0 Å². The van der Waals surface area contributed by atoms with E-state index in [9.17, 15) is 0 Å². The van der Waals surface area contributed by atoms with Gasteiger partial charge in [-0.25, -0.2) is 0 Å². The molecule has 4 aromatic rings. The van der Waals surface area contributed by atoms with Gasteiger partial charge in [-0.1, -0.05) is 24.3 Å². The molecule has 0 atom stereocenters. The number of rotatable bonds is 5. The van der Waals surface area contributed by atoms with Crippen LogP contribution in [0.5, 0.6) is 46.0 Å². The summed E-state index contributed by atoms with van der Waals surface area (Å²) in [5.74, 6) is 5.89. The molecule has 0 saturated carbocycles. The lowest BCUT2D eigenvalue weighted by molar-refractivity contribution is 0.382. The third kappa shape index (κ3) is 3.49. The maximum atomic E-state index is 6.40. The topological polar surface area (TPSA) is 55.4 Å². The van der Waals surface area contributed by atoms with Crippen molar-refractivity contribution in [3.8, 4) is 46.0 Å². The molecule has 0 aliphatic carbocycles. The highest BCUT2D eigenvalue weighted by atomic mass is 16.5. The lowest BCUT2D eigenvalue weighted by Gasteiger charge is -2.38. The molecule has 4 aromatic carbocycles. The van der Waals surface area contributed by atoms with Crippen LogP contribution in [0.4, 0.5) is 0 Å². The van der Waals surface area contributed by atoms with Crippen molar-refractivity contribution in [1.29, 1.82) is 0 Å². The first-order chi connectivity index (χ1) is 17.6. The Balaban J connectivity index is 1.62. The minimum atomic E-state index is -0.0521. The van der Waals surface area contributed by atoms with Crippen LogP contribution in [-0.4, -0.2) is 28.4 Å². The minimum Gasteiger partial charge on any atom is -0.497 e. The Morgan fingerprint density at radius 3 is 0.889 bits per heavy atom. The van der Waals surface area contributed by atoms with E-state index in [1.54, 1.807) is 28.4 Å². The molecule has 0 radical (unpaired) electrons. The van der Waals surface area contributed by atoms with Gasteiger partial charge in [-0.3, -0.25) is 0 Å². The van der Waals surface area contributed by atoms with E-state index in [-0.39, 0.29) is 11.8 Å². The number of fused-ring (bicyclic) bond motifs is 4. The van der Waals surface area contributed by atoms with Gasteiger partial charge in [0.15, 0.2) is 0 Å². The van der Waals surface area contributed by atoms with Crippen LogP contribution in [0.15, 0.2) is 72.8 Å². The Labute approximate surface area is 209 Å². The number of hydrogen-bond acceptors (Lipinski definition) is 6. The summed E-state index contributed by atoms with van der Waals surface area (Å²) in [5, 5.41) is 0. The second kappa shape index (κ2) is 8.72. The highest BCUT2D eigenvalue weighted by molar-refractivity contribution is 5.65. The first-order valence-corrected chi connectivity index (χ1v) is 11.7. The molecule has 0 saturated heterocycles. The smallest absolute Gasteiger partial charge is 0.134 e. The van der Waals surface area contributed by atoms with E-state index in [4.69, 9.17) is 28.4 Å². The lowest BCUT2D eigenvalue weighted by atomic mass is 9.71. The Morgan fingerprint density at radius 1 is 0.417 bits per heavy atom. The van der Waals surface area contributed by atoms with Crippen molar-refractivity contribution >= 4 is 0 Å². The number of benzene rings is 4. The van der Waals surface area contributed by atoms with Gasteiger partial charge >= 0.3 is 0 Å². The Bertz CT molecular complexity index is 1240. The zero-order chi connectivity index (χ0) is 24.8. The van der Waals surface area contributed by atoms with E-state index in [1.165, 1.54) is 0 Å². The summed E-state index contributed by atoms with van der Waals surface area (Å²) in [7, 11) is 6.63. The lowest BCUT2D eigenvalue weighted by Crippen LogP contribution is -2.22. The van der Waals surface area contributed by atoms with Crippen LogP contribution in [0.25, 0.3) is 0 Å². The third-order valence-corrected chi connectivity index (χ3v) is 7.00. The highest BCUT2D eigenvalue weighted by Gasteiger charge is 2.40. The van der Waals surface area contributed by atoms with Crippen LogP contribution in [-0.2, 0) is 0 Å². The first-order valence-electron chi connectivity index (χ1n) is 11.7. The van der Waals surface area contributed by atoms with Gasteiger partial charge in [-0.05, 0) is 24.3 Å². The predicted molar refractivity (Wildman–Crippen MR) is 136 cm³/mol. The second-order valence-corrected chi connectivity index (χ2v) is 8.77. The van der Waals surface area contributed by atoms with E-state index in [0.29, 0.717) is 0 Å². The number of hydrogen-bond donors (Lipinski definition) is 0. The van der Waals surface area contributed by atoms with Gasteiger partial charge in [0.2, 0.25) is 0 Å². The minimum absolute atomic E-state index is 0.0521. The standard InChI is InChI=1S/C30H26O6/c1-31-17-5-9-21-25(13-17)35-26-14-18(32-2)6-10-22(26)29(21)30-23-11-7-19(33-3)15-27(23)36-28-16-20(34-4)8-12-24(28)30/h5-16,29-30H,1-4H3. The molecule has 0 aromatic heterocycles. The molecule has 6 rings (SSSR count). The molecular weight excluding hydrogens is 456 g/mol. The second-order valence-electron chi connectivity index (χ2n) is 8.77. The van der Waals surface area contributed by atoms with Crippen LogP contribution in [0.2, 0.25) is 0 Å². The Hall–Kier alpha value is -4.32. The predicted octanol–water partition coefficient (Wildman–Crippen LogP) is 6.90. The van der Waals surface area contributed by atoms with Crippen molar-refractivity contribution in [2.75, 3.05) is 28.4 Å². The van der Waals surface area contributed by atoms with Crippen LogP contribution in [0.3, 0.4) is 0 Å². The summed E-state index contributed by atoms with van der Waals surface area (Å²) < 4.78 is 34.8. The maximum absolute atomic E-state index is 6.40. The third-order valence-electron chi connectivity index (χ3n) is 7.00. The normalized spacial score (nSPS) is 13.8. The Morgan fingerprint density at radius 2 is 0.667 bits per heavy atom. The van der Waals surface area contributed by atoms with Gasteiger partial charge in [-0.15, -0.1) is 0 Å². The average Bonchev–Trinajstić information content (AvgIpc) is 2.93. The molecule has 182 valence electrons. The molecule has 0 spiro atoms. The van der Waals surface area contributed by atoms with E-state index in [1.807, 2.05) is 48.5 Å². The molecule has 2 heterocycles. The van der Waals surface area contributed by atoms with Crippen molar-refractivity contribution in [3.63, 3.8) is 0 Å². The zero-order valence-corrected chi connectivity index (χ0v) is 20.5. The van der Waals surface area contributed by atoms with Crippen LogP contribution in [0, 0.1) is 0 Å². The number of methoxy groups -OCH3 is 4. The first kappa shape index (κ1) is 22.2. The van der Waals surface area contributed by atoms with Gasteiger partial charge in [0, 0.05) is 58.4 Å². The van der Waals surface area contributed by atoms with Gasteiger partial charge in [0.25, 0.3) is 0 Å². The van der Waals surface area contributed by atoms with Crippen molar-refractivity contribution in [1.82, 2.24) is 0 Å². The fourth-order valence-electron chi connectivity index (χ4n) is 5.24. The van der Waals surface area contributed by atoms with E-state index in [0.717, 1.165) is 68.2 Å². The summed E-state index contributed by atoms with van der Waals surface area (Å²) in [4.78, 5) is 0. The largest absolute Gasteiger partial charge is 0.497 e. The highest BCUT2D eigenvalue weighted by Crippen LogP contribution is 2.58. The van der Waals surface area contributed by atoms with Gasteiger partial charge in [0.05, 0.1) is 28.4 Å². The summed E-state index contributed by atoms with van der Waals surface area (Å²) >= 11 is 0. The fraction of sp³-hybridized carbons (Fsp3) is 0.200. The number of ether oxygens (including phenoxy) is 6. The summed E-state index contributed by atoms with van der Waals surface area (Å²) in [6, 6.07) is 24.0. The molecule has 6 heteroatoms. The molecule has 6 nitrogen and oxygen atoms in total. The summed E-state index contributed by atoms with van der Waals surface area (Å²) in [5.41, 5.74) is 4.29. The van der Waals surface area contributed by atoms with Crippen LogP contribution >= 0.6 is 0 Å². The monoisotopic (exact) mass is 482 g/mol. The molecule has 2 aliphatic rings.